The first-order valence-electron chi connectivity index (χ1n) is 9.25. The van der Waals surface area contributed by atoms with E-state index in [1.807, 2.05) is 38.2 Å². The Bertz CT molecular complexity index is 1180. The number of aromatic amines is 1. The molecule has 0 bridgehead atoms. The maximum atomic E-state index is 13.0. The molecular formula is C22H21N3O5. The predicted molar refractivity (Wildman–Crippen MR) is 111 cm³/mol. The zero-order valence-electron chi connectivity index (χ0n) is 16.5. The van der Waals surface area contributed by atoms with Gasteiger partial charge < -0.3 is 19.8 Å². The number of fused-ring (bicyclic) bond motifs is 3. The molecule has 0 amide bonds. The molecular weight excluding hydrogens is 386 g/mol. The zero-order valence-corrected chi connectivity index (χ0v) is 16.5. The van der Waals surface area contributed by atoms with Gasteiger partial charge in [-0.25, -0.2) is 14.6 Å². The first-order valence-corrected chi connectivity index (χ1v) is 9.25. The van der Waals surface area contributed by atoms with E-state index in [2.05, 4.69) is 20.6 Å². The summed E-state index contributed by atoms with van der Waals surface area (Å²) in [5.41, 5.74) is 5.82. The fourth-order valence-electron chi connectivity index (χ4n) is 3.48. The van der Waals surface area contributed by atoms with E-state index in [9.17, 15) is 14.4 Å². The molecule has 0 saturated heterocycles. The number of carbonyl (C=O) groups excluding carboxylic acids is 1. The molecule has 2 heterocycles. The van der Waals surface area contributed by atoms with Crippen LogP contribution in [0.5, 0.6) is 0 Å². The molecule has 0 unspecified atom stereocenters. The molecule has 2 aromatic heterocycles. The summed E-state index contributed by atoms with van der Waals surface area (Å²) in [4.78, 5) is 39.4. The van der Waals surface area contributed by atoms with E-state index in [4.69, 9.17) is 10.2 Å². The Morgan fingerprint density at radius 2 is 1.80 bits per heavy atom. The third kappa shape index (κ3) is 4.22. The van der Waals surface area contributed by atoms with Gasteiger partial charge >= 0.3 is 11.9 Å². The van der Waals surface area contributed by atoms with Gasteiger partial charge in [-0.1, -0.05) is 18.2 Å². The van der Waals surface area contributed by atoms with Gasteiger partial charge in [-0.05, 0) is 31.9 Å². The highest BCUT2D eigenvalue weighted by Crippen LogP contribution is 2.34. The number of para-hydroxylation sites is 1. The normalized spacial score (nSPS) is 14.6. The van der Waals surface area contributed by atoms with E-state index in [1.165, 1.54) is 0 Å². The first-order chi connectivity index (χ1) is 14.3. The number of imidazole rings is 1. The quantitative estimate of drug-likeness (QED) is 0.573. The van der Waals surface area contributed by atoms with Crippen molar-refractivity contribution in [2.24, 2.45) is 7.05 Å². The lowest BCUT2D eigenvalue weighted by atomic mass is 9.89. The van der Waals surface area contributed by atoms with Gasteiger partial charge in [0.05, 0.1) is 17.6 Å². The Hall–Kier alpha value is -3.94. The van der Waals surface area contributed by atoms with Crippen molar-refractivity contribution in [3.8, 4) is 0 Å². The van der Waals surface area contributed by atoms with Gasteiger partial charge in [-0.15, -0.1) is 0 Å². The number of benzene rings is 1. The van der Waals surface area contributed by atoms with Crippen molar-refractivity contribution in [2.45, 2.75) is 19.8 Å². The van der Waals surface area contributed by atoms with Gasteiger partial charge in [-0.3, -0.25) is 4.79 Å². The molecule has 0 radical (unpaired) electrons. The smallest absolute Gasteiger partial charge is 0.328 e. The number of carboxylic acid groups (broad SMARTS) is 2. The van der Waals surface area contributed by atoms with E-state index in [0.29, 0.717) is 12.2 Å². The van der Waals surface area contributed by atoms with Crippen molar-refractivity contribution in [3.05, 3.63) is 71.0 Å². The van der Waals surface area contributed by atoms with Crippen LogP contribution in [0.1, 0.15) is 33.9 Å². The molecule has 1 aliphatic carbocycles. The molecule has 154 valence electrons. The summed E-state index contributed by atoms with van der Waals surface area (Å²) in [7, 11) is 2.04. The van der Waals surface area contributed by atoms with Crippen LogP contribution >= 0.6 is 0 Å². The van der Waals surface area contributed by atoms with Crippen molar-refractivity contribution < 1.29 is 24.6 Å². The van der Waals surface area contributed by atoms with Crippen LogP contribution in [0.3, 0.4) is 0 Å². The number of nitrogens with zero attached hydrogens (tertiary/aromatic N) is 2. The lowest BCUT2D eigenvalue weighted by molar-refractivity contribution is -0.134. The van der Waals surface area contributed by atoms with E-state index < -0.39 is 11.9 Å². The topological polar surface area (TPSA) is 125 Å². The van der Waals surface area contributed by atoms with Gasteiger partial charge in [0.25, 0.3) is 0 Å². The average Bonchev–Trinajstić information content (AvgIpc) is 3.24. The number of hydrogen-bond donors (Lipinski definition) is 3. The van der Waals surface area contributed by atoms with E-state index in [-0.39, 0.29) is 5.78 Å². The highest BCUT2D eigenvalue weighted by molar-refractivity contribution is 6.20. The number of H-pyrrole nitrogens is 1. The molecule has 3 N–H and O–H groups in total. The number of aliphatic carboxylic acids is 2. The van der Waals surface area contributed by atoms with E-state index >= 15 is 0 Å². The van der Waals surface area contributed by atoms with Crippen LogP contribution in [-0.2, 0) is 23.1 Å². The second kappa shape index (κ2) is 8.60. The second-order valence-electron chi connectivity index (χ2n) is 6.82. The second-order valence-corrected chi connectivity index (χ2v) is 6.82. The Labute approximate surface area is 172 Å². The van der Waals surface area contributed by atoms with Crippen LogP contribution in [0.25, 0.3) is 17.0 Å². The molecule has 1 aliphatic rings. The number of Topliss-reactive ketones (excluding diaryl/α,β-unsaturated/α-hetero) is 1. The molecule has 1 aromatic carbocycles. The molecule has 0 spiro atoms. The fraction of sp³-hybridized carbons (Fsp3) is 0.182. The van der Waals surface area contributed by atoms with Crippen LogP contribution in [0.15, 0.2) is 48.3 Å². The molecule has 8 nitrogen and oxygen atoms in total. The minimum absolute atomic E-state index is 0.139. The maximum Gasteiger partial charge on any atom is 0.328 e. The summed E-state index contributed by atoms with van der Waals surface area (Å²) in [6, 6.07) is 8.12. The van der Waals surface area contributed by atoms with Crippen LogP contribution in [0, 0.1) is 6.92 Å². The van der Waals surface area contributed by atoms with E-state index in [0.717, 1.165) is 52.0 Å². The van der Waals surface area contributed by atoms with Gasteiger partial charge in [-0.2, -0.15) is 0 Å². The molecule has 0 aliphatic heterocycles. The highest BCUT2D eigenvalue weighted by Gasteiger charge is 2.28. The van der Waals surface area contributed by atoms with Gasteiger partial charge in [0.15, 0.2) is 5.78 Å². The third-order valence-electron chi connectivity index (χ3n) is 4.93. The number of rotatable bonds is 3. The number of nitrogens with one attached hydrogen (secondary N) is 1. The van der Waals surface area contributed by atoms with Crippen molar-refractivity contribution in [2.75, 3.05) is 0 Å². The third-order valence-corrected chi connectivity index (χ3v) is 4.93. The predicted octanol–water partition coefficient (Wildman–Crippen LogP) is 3.13. The number of hydrogen-bond acceptors (Lipinski definition) is 4. The Balaban J connectivity index is 0.000000275. The molecule has 3 aromatic rings. The Morgan fingerprint density at radius 1 is 1.13 bits per heavy atom. The van der Waals surface area contributed by atoms with Gasteiger partial charge in [0, 0.05) is 47.1 Å². The standard InChI is InChI=1S/C18H17N3O.C4H4O4/c1-11-14(20-10-19-11)9-12-7-8-16-17(18(12)22)13-5-3-4-6-15(13)21(16)2;5-3(6)1-2-4(7)8/h3-6,9-10H,7-8H2,1-2H3,(H,19,20);1-2H,(H,5,6)(H,7,8). The maximum absolute atomic E-state index is 13.0. The van der Waals surface area contributed by atoms with Crippen molar-refractivity contribution in [1.29, 1.82) is 0 Å². The lowest BCUT2D eigenvalue weighted by Crippen LogP contribution is -2.15. The number of aryl methyl sites for hydroxylation is 2. The van der Waals surface area contributed by atoms with Crippen LogP contribution < -0.4 is 0 Å². The summed E-state index contributed by atoms with van der Waals surface area (Å²) in [6.45, 7) is 1.97. The van der Waals surface area contributed by atoms with Crippen molar-refractivity contribution in [1.82, 2.24) is 14.5 Å². The monoisotopic (exact) mass is 407 g/mol. The molecule has 8 heteroatoms. The summed E-state index contributed by atoms with van der Waals surface area (Å²) in [5.74, 6) is -2.37. The molecule has 4 rings (SSSR count). The zero-order chi connectivity index (χ0) is 21.8. The van der Waals surface area contributed by atoms with Crippen molar-refractivity contribution in [3.63, 3.8) is 0 Å². The minimum Gasteiger partial charge on any atom is -0.478 e. The molecule has 0 atom stereocenters. The van der Waals surface area contributed by atoms with Crippen molar-refractivity contribution >= 4 is 34.7 Å². The fourth-order valence-corrected chi connectivity index (χ4v) is 3.48. The number of aromatic nitrogens is 3. The van der Waals surface area contributed by atoms with Gasteiger partial charge in [0.2, 0.25) is 0 Å². The summed E-state index contributed by atoms with van der Waals surface area (Å²) in [6.07, 6.45) is 6.37. The first kappa shape index (κ1) is 20.8. The number of carbonyl (C=O) groups is 3. The average molecular weight is 407 g/mol. The lowest BCUT2D eigenvalue weighted by Gasteiger charge is -2.15. The minimum atomic E-state index is -1.26. The number of ketones is 1. The van der Waals surface area contributed by atoms with Crippen LogP contribution in [0.4, 0.5) is 0 Å². The summed E-state index contributed by atoms with van der Waals surface area (Å²) >= 11 is 0. The van der Waals surface area contributed by atoms with E-state index in [1.54, 1.807) is 6.33 Å². The Morgan fingerprint density at radius 3 is 2.40 bits per heavy atom. The van der Waals surface area contributed by atoms with Crippen LogP contribution in [-0.4, -0.2) is 42.5 Å². The Kier molecular flexibility index (Phi) is 5.96. The molecule has 0 fully saturated rings. The molecule has 0 saturated carbocycles. The van der Waals surface area contributed by atoms with Gasteiger partial charge in [0.1, 0.15) is 0 Å². The summed E-state index contributed by atoms with van der Waals surface area (Å²) in [5, 5.41) is 16.7. The number of allylic oxidation sites excluding steroid dienone is 1. The highest BCUT2D eigenvalue weighted by atomic mass is 16.4. The van der Waals surface area contributed by atoms with Crippen LogP contribution in [0.2, 0.25) is 0 Å². The number of carboxylic acids is 2. The summed E-state index contributed by atoms with van der Waals surface area (Å²) < 4.78 is 2.15. The largest absolute Gasteiger partial charge is 0.478 e. The SMILES string of the molecule is Cc1[nH]cnc1C=C1CCc2c(c3ccccc3n2C)C1=O.O=C(O)C=CC(=O)O. The molecule has 30 heavy (non-hydrogen) atoms.